The molecule has 3 nitrogen and oxygen atoms in total. The van der Waals surface area contributed by atoms with E-state index in [1.807, 2.05) is 42.5 Å². The average molecular weight is 311 g/mol. The summed E-state index contributed by atoms with van der Waals surface area (Å²) < 4.78 is 0. The van der Waals surface area contributed by atoms with E-state index in [1.165, 1.54) is 6.92 Å². The van der Waals surface area contributed by atoms with Crippen LogP contribution in [0.4, 0.5) is 0 Å². The van der Waals surface area contributed by atoms with Gasteiger partial charge in [-0.1, -0.05) is 56.3 Å². The normalized spacial score (nSPS) is 11.3. The number of amides is 1. The zero-order valence-corrected chi connectivity index (χ0v) is 14.1. The second kappa shape index (κ2) is 7.32. The van der Waals surface area contributed by atoms with Crippen LogP contribution in [0, 0.1) is 0 Å². The molecule has 0 fully saturated rings. The first-order chi connectivity index (χ1) is 10.9. The van der Waals surface area contributed by atoms with Gasteiger partial charge < -0.3 is 10.4 Å². The van der Waals surface area contributed by atoms with E-state index in [1.54, 1.807) is 0 Å². The highest BCUT2D eigenvalue weighted by Gasteiger charge is 2.21. The van der Waals surface area contributed by atoms with Gasteiger partial charge in [0.05, 0.1) is 0 Å². The lowest BCUT2D eigenvalue weighted by atomic mass is 9.80. The smallest absolute Gasteiger partial charge is 0.216 e. The Kier molecular flexibility index (Phi) is 5.43. The molecule has 3 heteroatoms. The molecule has 2 N–H and O–H groups in total. The third-order valence-corrected chi connectivity index (χ3v) is 4.22. The highest BCUT2D eigenvalue weighted by molar-refractivity contribution is 5.72. The van der Waals surface area contributed by atoms with Crippen molar-refractivity contribution in [3.8, 4) is 16.9 Å². The number of phenols is 1. The summed E-state index contributed by atoms with van der Waals surface area (Å²) in [7, 11) is 0. The topological polar surface area (TPSA) is 49.3 Å². The maximum absolute atomic E-state index is 10.9. The first-order valence-corrected chi connectivity index (χ1v) is 8.03. The van der Waals surface area contributed by atoms with Crippen molar-refractivity contribution in [3.63, 3.8) is 0 Å². The molecular formula is C20H25NO2. The van der Waals surface area contributed by atoms with E-state index in [4.69, 9.17) is 0 Å². The first kappa shape index (κ1) is 17.1. The number of hydrogen-bond donors (Lipinski definition) is 2. The number of benzene rings is 2. The number of hydrogen-bond acceptors (Lipinski definition) is 2. The minimum atomic E-state index is -0.0504. The quantitative estimate of drug-likeness (QED) is 0.783. The highest BCUT2D eigenvalue weighted by atomic mass is 16.3. The predicted molar refractivity (Wildman–Crippen MR) is 94.5 cm³/mol. The van der Waals surface area contributed by atoms with Crippen molar-refractivity contribution < 1.29 is 9.90 Å². The third-order valence-electron chi connectivity index (χ3n) is 4.22. The zero-order chi connectivity index (χ0) is 16.9. The van der Waals surface area contributed by atoms with Crippen molar-refractivity contribution in [3.05, 3.63) is 54.1 Å². The van der Waals surface area contributed by atoms with Gasteiger partial charge >= 0.3 is 0 Å². The highest BCUT2D eigenvalue weighted by Crippen LogP contribution is 2.35. The predicted octanol–water partition coefficient (Wildman–Crippen LogP) is 4.25. The average Bonchev–Trinajstić information content (AvgIpc) is 2.52. The molecule has 2 rings (SSSR count). The fourth-order valence-corrected chi connectivity index (χ4v) is 2.75. The number of carbonyl (C=O) groups is 1. The third kappa shape index (κ3) is 4.59. The Bertz CT molecular complexity index is 663. The van der Waals surface area contributed by atoms with Gasteiger partial charge in [0.1, 0.15) is 5.75 Å². The van der Waals surface area contributed by atoms with Gasteiger partial charge in [0.25, 0.3) is 0 Å². The van der Waals surface area contributed by atoms with Gasteiger partial charge in [0.15, 0.2) is 0 Å². The lowest BCUT2D eigenvalue weighted by Gasteiger charge is -2.26. The summed E-state index contributed by atoms with van der Waals surface area (Å²) >= 11 is 0. The molecule has 1 amide bonds. The minimum absolute atomic E-state index is 0.00710. The molecule has 0 aliphatic carbocycles. The summed E-state index contributed by atoms with van der Waals surface area (Å²) in [4.78, 5) is 10.9. The fourth-order valence-electron chi connectivity index (χ4n) is 2.75. The second-order valence-electron chi connectivity index (χ2n) is 6.57. The van der Waals surface area contributed by atoms with Crippen LogP contribution in [-0.4, -0.2) is 17.6 Å². The Hall–Kier alpha value is -2.29. The Balaban J connectivity index is 2.11. The van der Waals surface area contributed by atoms with E-state index >= 15 is 0 Å². The number of nitrogens with one attached hydrogen (secondary N) is 1. The molecule has 0 aliphatic rings. The van der Waals surface area contributed by atoms with Gasteiger partial charge in [0.2, 0.25) is 5.91 Å². The number of aromatic hydroxyl groups is 1. The van der Waals surface area contributed by atoms with Crippen molar-refractivity contribution in [2.75, 3.05) is 6.54 Å². The number of phenolic OH excluding ortho intramolecular Hbond substituents is 1. The molecule has 0 unspecified atom stereocenters. The van der Waals surface area contributed by atoms with E-state index < -0.39 is 0 Å². The van der Waals surface area contributed by atoms with E-state index in [0.29, 0.717) is 12.3 Å². The van der Waals surface area contributed by atoms with Crippen LogP contribution in [-0.2, 0) is 10.2 Å². The molecule has 0 saturated carbocycles. The maximum Gasteiger partial charge on any atom is 0.216 e. The van der Waals surface area contributed by atoms with Crippen LogP contribution >= 0.6 is 0 Å². The standard InChI is InChI=1S/C20H25NO2/c1-15(22)21-13-7-12-20(2,3)17-10-11-18(19(23)14-17)16-8-5-4-6-9-16/h4-6,8-11,14,23H,7,12-13H2,1-3H3,(H,21,22). The van der Waals surface area contributed by atoms with Crippen LogP contribution in [0.25, 0.3) is 11.1 Å². The van der Waals surface area contributed by atoms with Crippen molar-refractivity contribution in [1.29, 1.82) is 0 Å². The van der Waals surface area contributed by atoms with Crippen molar-refractivity contribution in [2.45, 2.75) is 39.0 Å². The molecule has 0 heterocycles. The molecule has 0 spiro atoms. The molecule has 0 saturated heterocycles. The summed E-state index contributed by atoms with van der Waals surface area (Å²) in [5.41, 5.74) is 2.92. The Labute approximate surface area is 138 Å². The van der Waals surface area contributed by atoms with E-state index in [-0.39, 0.29) is 11.3 Å². The van der Waals surface area contributed by atoms with Crippen molar-refractivity contribution in [1.82, 2.24) is 5.32 Å². The zero-order valence-electron chi connectivity index (χ0n) is 14.1. The molecule has 122 valence electrons. The molecule has 2 aromatic rings. The van der Waals surface area contributed by atoms with Crippen LogP contribution < -0.4 is 5.32 Å². The van der Waals surface area contributed by atoms with Crippen LogP contribution in [0.3, 0.4) is 0 Å². The Morgan fingerprint density at radius 3 is 2.43 bits per heavy atom. The largest absolute Gasteiger partial charge is 0.507 e. The summed E-state index contributed by atoms with van der Waals surface area (Å²) in [5.74, 6) is 0.316. The van der Waals surface area contributed by atoms with Crippen molar-refractivity contribution >= 4 is 5.91 Å². The van der Waals surface area contributed by atoms with E-state index in [9.17, 15) is 9.90 Å². The molecule has 0 aliphatic heterocycles. The summed E-state index contributed by atoms with van der Waals surface area (Å²) in [6, 6.07) is 15.8. The minimum Gasteiger partial charge on any atom is -0.507 e. The van der Waals surface area contributed by atoms with Gasteiger partial charge in [-0.15, -0.1) is 0 Å². The monoisotopic (exact) mass is 311 g/mol. The van der Waals surface area contributed by atoms with Gasteiger partial charge in [-0.3, -0.25) is 4.79 Å². The molecule has 0 bridgehead atoms. The first-order valence-electron chi connectivity index (χ1n) is 8.03. The van der Waals surface area contributed by atoms with E-state index in [0.717, 1.165) is 29.5 Å². The van der Waals surface area contributed by atoms with Crippen LogP contribution in [0.15, 0.2) is 48.5 Å². The Morgan fingerprint density at radius 2 is 1.83 bits per heavy atom. The van der Waals surface area contributed by atoms with Crippen LogP contribution in [0.1, 0.15) is 39.2 Å². The molecular weight excluding hydrogens is 286 g/mol. The second-order valence-corrected chi connectivity index (χ2v) is 6.57. The maximum atomic E-state index is 10.9. The van der Waals surface area contributed by atoms with Gasteiger partial charge in [-0.25, -0.2) is 0 Å². The molecule has 23 heavy (non-hydrogen) atoms. The van der Waals surface area contributed by atoms with Crippen molar-refractivity contribution in [2.24, 2.45) is 0 Å². The fraction of sp³-hybridized carbons (Fsp3) is 0.350. The summed E-state index contributed by atoms with van der Waals surface area (Å²) in [5, 5.41) is 13.2. The SMILES string of the molecule is CC(=O)NCCCC(C)(C)c1ccc(-c2ccccc2)c(O)c1. The van der Waals surface area contributed by atoms with Gasteiger partial charge in [-0.2, -0.15) is 0 Å². The lowest BCUT2D eigenvalue weighted by Crippen LogP contribution is -2.24. The molecule has 0 atom stereocenters. The molecule has 0 aromatic heterocycles. The summed E-state index contributed by atoms with van der Waals surface area (Å²) in [6.45, 7) is 6.55. The van der Waals surface area contributed by atoms with Gasteiger partial charge in [-0.05, 0) is 35.4 Å². The van der Waals surface area contributed by atoms with Crippen LogP contribution in [0.5, 0.6) is 5.75 Å². The number of rotatable bonds is 6. The molecule has 0 radical (unpaired) electrons. The van der Waals surface area contributed by atoms with Crippen LogP contribution in [0.2, 0.25) is 0 Å². The lowest BCUT2D eigenvalue weighted by molar-refractivity contribution is -0.118. The Morgan fingerprint density at radius 1 is 1.13 bits per heavy atom. The summed E-state index contributed by atoms with van der Waals surface area (Å²) in [6.07, 6.45) is 1.85. The van der Waals surface area contributed by atoms with E-state index in [2.05, 4.69) is 25.2 Å². The van der Waals surface area contributed by atoms with Gasteiger partial charge in [0, 0.05) is 19.0 Å². The molecule has 2 aromatic carbocycles. The number of carbonyl (C=O) groups excluding carboxylic acids is 1.